The van der Waals surface area contributed by atoms with Gasteiger partial charge in [0.15, 0.2) is 5.69 Å². The van der Waals surface area contributed by atoms with Crippen LogP contribution in [0, 0.1) is 5.92 Å². The topological polar surface area (TPSA) is 46.9 Å². The Morgan fingerprint density at radius 2 is 1.91 bits per heavy atom. The van der Waals surface area contributed by atoms with Crippen LogP contribution in [0.2, 0.25) is 0 Å². The minimum Gasteiger partial charge on any atom is -0.352 e. The van der Waals surface area contributed by atoms with Gasteiger partial charge in [-0.05, 0) is 18.1 Å². The number of carbonyl (C=O) groups excluding carboxylic acids is 1. The second-order valence-electron chi connectivity index (χ2n) is 5.26. The van der Waals surface area contributed by atoms with Gasteiger partial charge in [-0.15, -0.1) is 0 Å². The van der Waals surface area contributed by atoms with Crippen LogP contribution < -0.4 is 5.32 Å². The fraction of sp³-hybridized carbons (Fsp3) is 0.333. The average Bonchev–Trinajstić information content (AvgIpc) is 2.90. The van der Waals surface area contributed by atoms with Gasteiger partial charge >= 0.3 is 6.18 Å². The van der Waals surface area contributed by atoms with Gasteiger partial charge in [0.05, 0.1) is 17.4 Å². The van der Waals surface area contributed by atoms with E-state index in [4.69, 9.17) is 0 Å². The molecule has 0 saturated carbocycles. The van der Waals surface area contributed by atoms with Crippen molar-refractivity contribution in [3.05, 3.63) is 47.8 Å². The van der Waals surface area contributed by atoms with E-state index in [-0.39, 0.29) is 11.6 Å². The van der Waals surface area contributed by atoms with Gasteiger partial charge in [-0.25, -0.2) is 4.68 Å². The van der Waals surface area contributed by atoms with Gasteiger partial charge in [0.2, 0.25) is 0 Å². The molecule has 1 amide bonds. The molecule has 0 bridgehead atoms. The van der Waals surface area contributed by atoms with E-state index in [0.717, 1.165) is 10.9 Å². The molecule has 0 saturated heterocycles. The number of halogens is 3. The van der Waals surface area contributed by atoms with Crippen molar-refractivity contribution in [2.75, 3.05) is 6.54 Å². The lowest BCUT2D eigenvalue weighted by Gasteiger charge is -2.13. The van der Waals surface area contributed by atoms with Crippen molar-refractivity contribution in [1.29, 1.82) is 0 Å². The first kappa shape index (κ1) is 16.1. The van der Waals surface area contributed by atoms with Gasteiger partial charge in [-0.1, -0.05) is 32.0 Å². The summed E-state index contributed by atoms with van der Waals surface area (Å²) in [5, 5.41) is 6.22. The Hall–Kier alpha value is -2.31. The summed E-state index contributed by atoms with van der Waals surface area (Å²) < 4.78 is 40.8. The fourth-order valence-corrected chi connectivity index (χ4v) is 1.94. The third kappa shape index (κ3) is 3.47. The first-order chi connectivity index (χ1) is 10.3. The number of para-hydroxylation sites is 1. The van der Waals surface area contributed by atoms with Gasteiger partial charge in [0.25, 0.3) is 5.91 Å². The molecule has 2 rings (SSSR count). The molecule has 1 aromatic heterocycles. The zero-order chi connectivity index (χ0) is 16.3. The number of nitrogens with one attached hydrogen (secondary N) is 1. The highest BCUT2D eigenvalue weighted by Crippen LogP contribution is 2.33. The smallest absolute Gasteiger partial charge is 0.352 e. The minimum absolute atomic E-state index is 0.141. The van der Waals surface area contributed by atoms with Crippen LogP contribution in [0.4, 0.5) is 13.2 Å². The van der Waals surface area contributed by atoms with Gasteiger partial charge in [0, 0.05) is 6.54 Å². The van der Waals surface area contributed by atoms with Crippen molar-refractivity contribution < 1.29 is 18.0 Å². The van der Waals surface area contributed by atoms with Gasteiger partial charge in [-0.2, -0.15) is 18.3 Å². The van der Waals surface area contributed by atoms with E-state index in [0.29, 0.717) is 6.54 Å². The second-order valence-corrected chi connectivity index (χ2v) is 5.26. The van der Waals surface area contributed by atoms with Crippen LogP contribution in [0.15, 0.2) is 36.5 Å². The number of hydrogen-bond donors (Lipinski definition) is 1. The summed E-state index contributed by atoms with van der Waals surface area (Å²) in [5.74, 6) is -0.634. The number of alkyl halides is 3. The van der Waals surface area contributed by atoms with Crippen molar-refractivity contribution in [1.82, 2.24) is 15.1 Å². The number of nitrogens with zero attached hydrogens (tertiary/aromatic N) is 2. The van der Waals surface area contributed by atoms with E-state index >= 15 is 0 Å². The lowest BCUT2D eigenvalue weighted by atomic mass is 10.2. The molecule has 22 heavy (non-hydrogen) atoms. The summed E-state index contributed by atoms with van der Waals surface area (Å²) in [6, 6.07) is 7.90. The van der Waals surface area contributed by atoms with Crippen LogP contribution in [-0.2, 0) is 6.18 Å². The predicted octanol–water partition coefficient (Wildman–Crippen LogP) is 3.28. The minimum atomic E-state index is -4.68. The zero-order valence-corrected chi connectivity index (χ0v) is 12.2. The summed E-state index contributed by atoms with van der Waals surface area (Å²) in [6.45, 7) is 4.02. The third-order valence-electron chi connectivity index (χ3n) is 2.95. The molecule has 0 fully saturated rings. The maximum Gasteiger partial charge on any atom is 0.434 e. The first-order valence-electron chi connectivity index (χ1n) is 6.79. The number of aromatic nitrogens is 2. The highest BCUT2D eigenvalue weighted by Gasteiger charge is 2.40. The van der Waals surface area contributed by atoms with E-state index in [1.54, 1.807) is 18.2 Å². The molecule has 0 unspecified atom stereocenters. The molecule has 1 heterocycles. The Morgan fingerprint density at radius 3 is 2.45 bits per heavy atom. The molecule has 0 spiro atoms. The van der Waals surface area contributed by atoms with Crippen LogP contribution in [-0.4, -0.2) is 22.2 Å². The molecule has 0 aliphatic heterocycles. The predicted molar refractivity (Wildman–Crippen MR) is 75.7 cm³/mol. The molecule has 1 N–H and O–H groups in total. The normalized spacial score (nSPS) is 11.7. The maximum absolute atomic E-state index is 13.3. The van der Waals surface area contributed by atoms with Crippen LogP contribution in [0.3, 0.4) is 0 Å². The summed E-state index contributed by atoms with van der Waals surface area (Å²) in [6.07, 6.45) is -3.73. The summed E-state index contributed by atoms with van der Waals surface area (Å²) in [7, 11) is 0. The van der Waals surface area contributed by atoms with Crippen LogP contribution >= 0.6 is 0 Å². The fourth-order valence-electron chi connectivity index (χ4n) is 1.94. The Balaban J connectivity index is 2.44. The first-order valence-corrected chi connectivity index (χ1v) is 6.79. The Bertz CT molecular complexity index is 648. The van der Waals surface area contributed by atoms with Gasteiger partial charge in [0.1, 0.15) is 0 Å². The number of benzene rings is 1. The van der Waals surface area contributed by atoms with Gasteiger partial charge in [-0.3, -0.25) is 4.79 Å². The molecule has 2 aromatic rings. The quantitative estimate of drug-likeness (QED) is 0.942. The maximum atomic E-state index is 13.3. The second kappa shape index (κ2) is 6.21. The molecule has 0 aliphatic carbocycles. The molecule has 0 atom stereocenters. The molecule has 7 heteroatoms. The van der Waals surface area contributed by atoms with Crippen LogP contribution in [0.1, 0.15) is 29.9 Å². The summed E-state index contributed by atoms with van der Waals surface area (Å²) in [4.78, 5) is 12.0. The van der Waals surface area contributed by atoms with E-state index in [1.807, 2.05) is 13.8 Å². The number of carbonyl (C=O) groups is 1. The van der Waals surface area contributed by atoms with Crippen molar-refractivity contribution in [2.45, 2.75) is 20.0 Å². The highest BCUT2D eigenvalue weighted by molar-refractivity contribution is 5.95. The molecular weight excluding hydrogens is 295 g/mol. The van der Waals surface area contributed by atoms with Crippen LogP contribution in [0.25, 0.3) is 5.69 Å². The molecular formula is C15H16F3N3O. The Kier molecular flexibility index (Phi) is 4.54. The van der Waals surface area contributed by atoms with E-state index in [9.17, 15) is 18.0 Å². The van der Waals surface area contributed by atoms with Crippen molar-refractivity contribution in [3.8, 4) is 5.69 Å². The van der Waals surface area contributed by atoms with Gasteiger partial charge < -0.3 is 5.32 Å². The van der Waals surface area contributed by atoms with Crippen molar-refractivity contribution in [3.63, 3.8) is 0 Å². The largest absolute Gasteiger partial charge is 0.434 e. The van der Waals surface area contributed by atoms with Crippen molar-refractivity contribution >= 4 is 5.91 Å². The Morgan fingerprint density at radius 1 is 1.27 bits per heavy atom. The lowest BCUT2D eigenvalue weighted by molar-refractivity contribution is -0.143. The number of amides is 1. The van der Waals surface area contributed by atoms with Crippen molar-refractivity contribution in [2.24, 2.45) is 5.92 Å². The highest BCUT2D eigenvalue weighted by atomic mass is 19.4. The third-order valence-corrected chi connectivity index (χ3v) is 2.95. The lowest BCUT2D eigenvalue weighted by Crippen LogP contribution is -2.29. The van der Waals surface area contributed by atoms with E-state index in [2.05, 4.69) is 10.4 Å². The zero-order valence-electron chi connectivity index (χ0n) is 12.2. The molecule has 0 radical (unpaired) electrons. The van der Waals surface area contributed by atoms with E-state index in [1.165, 1.54) is 12.1 Å². The molecule has 1 aromatic carbocycles. The molecule has 4 nitrogen and oxygen atoms in total. The standard InChI is InChI=1S/C15H16F3N3O/c1-10(2)8-19-14(22)12-9-20-21(13(12)15(16,17)18)11-6-4-3-5-7-11/h3-7,9-10H,8H2,1-2H3,(H,19,22). The van der Waals surface area contributed by atoms with Crippen LogP contribution in [0.5, 0.6) is 0 Å². The summed E-state index contributed by atoms with van der Waals surface area (Å²) in [5.41, 5.74) is -1.30. The van der Waals surface area contributed by atoms with E-state index < -0.39 is 23.3 Å². The average molecular weight is 311 g/mol. The summed E-state index contributed by atoms with van der Waals surface area (Å²) >= 11 is 0. The molecule has 0 aliphatic rings. The molecule has 118 valence electrons. The Labute approximate surface area is 125 Å². The number of rotatable bonds is 4. The SMILES string of the molecule is CC(C)CNC(=O)c1cnn(-c2ccccc2)c1C(F)(F)F. The number of hydrogen-bond acceptors (Lipinski definition) is 2. The monoisotopic (exact) mass is 311 g/mol.